The van der Waals surface area contributed by atoms with Gasteiger partial charge >= 0.3 is 15.7 Å². The quantitative estimate of drug-likeness (QED) is 0.314. The molecule has 0 fully saturated rings. The zero-order valence-electron chi connectivity index (χ0n) is 18.4. The second-order valence-electron chi connectivity index (χ2n) is 7.48. The Balaban J connectivity index is 1.75. The number of para-hydroxylation sites is 2. The minimum atomic E-state index is -4.32. The van der Waals surface area contributed by atoms with Crippen molar-refractivity contribution in [2.45, 2.75) is 18.2 Å². The lowest BCUT2D eigenvalue weighted by Crippen LogP contribution is -2.22. The molecule has 4 aromatic rings. The van der Waals surface area contributed by atoms with Crippen LogP contribution in [0.5, 0.6) is 11.5 Å². The Labute approximate surface area is 195 Å². The minimum Gasteiger partial charge on any atom is -0.496 e. The maximum absolute atomic E-state index is 13.0. The SMILES string of the molecule is COc1ccccc1CC(=O)Nc1c(OS(=O)(=O)c2ccc(C)cc2)c2ccccc2oc1=O. The molecule has 0 bridgehead atoms. The molecular formula is C25H21NO7S. The number of fused-ring (bicyclic) bond motifs is 1. The van der Waals surface area contributed by atoms with Gasteiger partial charge in [-0.05, 0) is 37.3 Å². The Morgan fingerprint density at radius 3 is 2.38 bits per heavy atom. The van der Waals surface area contributed by atoms with Crippen LogP contribution in [0, 0.1) is 6.92 Å². The van der Waals surface area contributed by atoms with Gasteiger partial charge in [-0.2, -0.15) is 8.42 Å². The number of hydrogen-bond donors (Lipinski definition) is 1. The van der Waals surface area contributed by atoms with E-state index < -0.39 is 27.3 Å². The van der Waals surface area contributed by atoms with Crippen molar-refractivity contribution in [1.29, 1.82) is 0 Å². The highest BCUT2D eigenvalue weighted by Crippen LogP contribution is 2.33. The minimum absolute atomic E-state index is 0.0956. The first-order valence-electron chi connectivity index (χ1n) is 10.3. The molecular weight excluding hydrogens is 458 g/mol. The van der Waals surface area contributed by atoms with Gasteiger partial charge < -0.3 is 18.7 Å². The number of nitrogens with one attached hydrogen (secondary N) is 1. The summed E-state index contributed by atoms with van der Waals surface area (Å²) in [7, 11) is -2.84. The van der Waals surface area contributed by atoms with E-state index in [0.717, 1.165) is 5.56 Å². The summed E-state index contributed by atoms with van der Waals surface area (Å²) in [5.41, 5.74) is 0.219. The number of rotatable bonds is 7. The van der Waals surface area contributed by atoms with E-state index in [1.165, 1.54) is 31.4 Å². The van der Waals surface area contributed by atoms with Crippen LogP contribution in [0.25, 0.3) is 11.0 Å². The van der Waals surface area contributed by atoms with E-state index in [0.29, 0.717) is 11.3 Å². The Morgan fingerprint density at radius 2 is 1.65 bits per heavy atom. The van der Waals surface area contributed by atoms with Crippen LogP contribution in [-0.4, -0.2) is 21.4 Å². The lowest BCUT2D eigenvalue weighted by atomic mass is 10.1. The third kappa shape index (κ3) is 4.79. The van der Waals surface area contributed by atoms with Crippen molar-refractivity contribution in [3.63, 3.8) is 0 Å². The highest BCUT2D eigenvalue weighted by Gasteiger charge is 2.25. The summed E-state index contributed by atoms with van der Waals surface area (Å²) in [6, 6.07) is 19.3. The predicted molar refractivity (Wildman–Crippen MR) is 127 cm³/mol. The first kappa shape index (κ1) is 23.1. The van der Waals surface area contributed by atoms with Crippen molar-refractivity contribution in [2.24, 2.45) is 0 Å². The summed E-state index contributed by atoms with van der Waals surface area (Å²) in [4.78, 5) is 25.5. The first-order chi connectivity index (χ1) is 16.3. The van der Waals surface area contributed by atoms with E-state index >= 15 is 0 Å². The van der Waals surface area contributed by atoms with E-state index in [4.69, 9.17) is 13.3 Å². The van der Waals surface area contributed by atoms with Gasteiger partial charge in [0.05, 0.1) is 18.9 Å². The fourth-order valence-electron chi connectivity index (χ4n) is 3.38. The van der Waals surface area contributed by atoms with Crippen molar-refractivity contribution < 1.29 is 26.5 Å². The second kappa shape index (κ2) is 9.40. The number of aryl methyl sites for hydroxylation is 1. The Kier molecular flexibility index (Phi) is 6.38. The number of benzene rings is 3. The molecule has 1 aromatic heterocycles. The molecule has 0 aliphatic carbocycles. The van der Waals surface area contributed by atoms with Crippen molar-refractivity contribution in [2.75, 3.05) is 12.4 Å². The van der Waals surface area contributed by atoms with Gasteiger partial charge in [-0.25, -0.2) is 4.79 Å². The van der Waals surface area contributed by atoms with Crippen LogP contribution in [-0.2, 0) is 21.3 Å². The van der Waals surface area contributed by atoms with E-state index in [9.17, 15) is 18.0 Å². The smallest absolute Gasteiger partial charge is 0.364 e. The summed E-state index contributed by atoms with van der Waals surface area (Å²) in [6.07, 6.45) is -0.125. The fraction of sp³-hybridized carbons (Fsp3) is 0.120. The topological polar surface area (TPSA) is 112 Å². The molecule has 0 saturated carbocycles. The highest BCUT2D eigenvalue weighted by atomic mass is 32.2. The van der Waals surface area contributed by atoms with Gasteiger partial charge in [0.1, 0.15) is 16.2 Å². The fourth-order valence-corrected chi connectivity index (χ4v) is 4.34. The standard InChI is InChI=1S/C25H21NO7S/c1-16-11-13-18(14-12-16)34(29,30)33-24-19-8-4-6-10-21(19)32-25(28)23(24)26-22(27)15-17-7-3-5-9-20(17)31-2/h3-14H,15H2,1-2H3,(H,26,27). The summed E-state index contributed by atoms with van der Waals surface area (Å²) in [5, 5.41) is 2.68. The third-order valence-electron chi connectivity index (χ3n) is 5.08. The number of methoxy groups -OCH3 is 1. The van der Waals surface area contributed by atoms with Crippen LogP contribution in [0.4, 0.5) is 5.69 Å². The van der Waals surface area contributed by atoms with Gasteiger partial charge in [-0.1, -0.05) is 48.0 Å². The number of hydrogen-bond acceptors (Lipinski definition) is 7. The van der Waals surface area contributed by atoms with E-state index in [-0.39, 0.29) is 28.0 Å². The monoisotopic (exact) mass is 479 g/mol. The van der Waals surface area contributed by atoms with Crippen LogP contribution in [0.3, 0.4) is 0 Å². The molecule has 0 aliphatic heterocycles. The van der Waals surface area contributed by atoms with Gasteiger partial charge in [-0.15, -0.1) is 0 Å². The zero-order chi connectivity index (χ0) is 24.3. The highest BCUT2D eigenvalue weighted by molar-refractivity contribution is 7.87. The average Bonchev–Trinajstić information content (AvgIpc) is 2.82. The third-order valence-corrected chi connectivity index (χ3v) is 6.31. The molecule has 0 radical (unpaired) electrons. The number of carbonyl (C=O) groups is 1. The molecule has 0 saturated heterocycles. The Morgan fingerprint density at radius 1 is 0.971 bits per heavy atom. The molecule has 1 heterocycles. The number of ether oxygens (including phenoxy) is 1. The lowest BCUT2D eigenvalue weighted by molar-refractivity contribution is -0.115. The summed E-state index contributed by atoms with van der Waals surface area (Å²) < 4.78 is 42.0. The zero-order valence-corrected chi connectivity index (χ0v) is 19.2. The van der Waals surface area contributed by atoms with Gasteiger partial charge in [0.15, 0.2) is 11.4 Å². The predicted octanol–water partition coefficient (Wildman–Crippen LogP) is 4.06. The number of carbonyl (C=O) groups excluding carboxylic acids is 1. The molecule has 1 amide bonds. The molecule has 0 atom stereocenters. The molecule has 1 N–H and O–H groups in total. The van der Waals surface area contributed by atoms with Crippen molar-refractivity contribution >= 4 is 32.7 Å². The van der Waals surface area contributed by atoms with Gasteiger partial charge in [-0.3, -0.25) is 4.79 Å². The lowest BCUT2D eigenvalue weighted by Gasteiger charge is -2.14. The summed E-state index contributed by atoms with van der Waals surface area (Å²) >= 11 is 0. The van der Waals surface area contributed by atoms with Crippen molar-refractivity contribution in [1.82, 2.24) is 0 Å². The van der Waals surface area contributed by atoms with E-state index in [1.54, 1.807) is 48.5 Å². The normalized spacial score (nSPS) is 11.2. The van der Waals surface area contributed by atoms with Gasteiger partial charge in [0.25, 0.3) is 0 Å². The second-order valence-corrected chi connectivity index (χ2v) is 9.02. The molecule has 0 aliphatic rings. The van der Waals surface area contributed by atoms with E-state index in [2.05, 4.69) is 5.32 Å². The summed E-state index contributed by atoms with van der Waals surface area (Å²) in [5.74, 6) is -0.396. The molecule has 9 heteroatoms. The molecule has 0 spiro atoms. The first-order valence-corrected chi connectivity index (χ1v) is 11.7. The van der Waals surface area contributed by atoms with Crippen LogP contribution >= 0.6 is 0 Å². The van der Waals surface area contributed by atoms with Crippen LogP contribution in [0.2, 0.25) is 0 Å². The molecule has 34 heavy (non-hydrogen) atoms. The van der Waals surface area contributed by atoms with Crippen molar-refractivity contribution in [3.8, 4) is 11.5 Å². The molecule has 3 aromatic carbocycles. The van der Waals surface area contributed by atoms with Crippen LogP contribution in [0.15, 0.2) is 86.9 Å². The van der Waals surface area contributed by atoms with Gasteiger partial charge in [0.2, 0.25) is 5.91 Å². The maximum atomic E-state index is 13.0. The van der Waals surface area contributed by atoms with Crippen LogP contribution in [0.1, 0.15) is 11.1 Å². The van der Waals surface area contributed by atoms with E-state index in [1.807, 2.05) is 6.92 Å². The number of anilines is 1. The van der Waals surface area contributed by atoms with Gasteiger partial charge in [0, 0.05) is 5.56 Å². The number of amides is 1. The molecule has 174 valence electrons. The largest absolute Gasteiger partial charge is 0.496 e. The Hall–Kier alpha value is -4.11. The van der Waals surface area contributed by atoms with Crippen molar-refractivity contribution in [3.05, 3.63) is 94.3 Å². The molecule has 0 unspecified atom stereocenters. The van der Waals surface area contributed by atoms with Crippen LogP contribution < -0.4 is 19.9 Å². The maximum Gasteiger partial charge on any atom is 0.364 e. The Bertz CT molecular complexity index is 1520. The molecule has 8 nitrogen and oxygen atoms in total. The molecule has 4 rings (SSSR count). The average molecular weight is 480 g/mol. The summed E-state index contributed by atoms with van der Waals surface area (Å²) in [6.45, 7) is 1.82.